The van der Waals surface area contributed by atoms with Crippen LogP contribution in [-0.4, -0.2) is 56.1 Å². The van der Waals surface area contributed by atoms with Gasteiger partial charge in [-0.3, -0.25) is 14.5 Å². The second-order valence-corrected chi connectivity index (χ2v) is 6.80. The third-order valence-corrected chi connectivity index (χ3v) is 4.81. The SMILES string of the molecule is COc1cccc(OCC(=O)N[C@H]2CN(CC(N)=O)C[C@@H]2C2CC2)c1.Cl. The lowest BCUT2D eigenvalue weighted by Gasteiger charge is -2.19. The zero-order chi connectivity index (χ0) is 17.8. The van der Waals surface area contributed by atoms with Crippen LogP contribution in [0.15, 0.2) is 24.3 Å². The van der Waals surface area contributed by atoms with E-state index in [0.717, 1.165) is 6.54 Å². The van der Waals surface area contributed by atoms with E-state index in [0.29, 0.717) is 29.9 Å². The quantitative estimate of drug-likeness (QED) is 0.692. The number of carbonyl (C=O) groups excluding carboxylic acids is 2. The molecule has 1 aromatic rings. The lowest BCUT2D eigenvalue weighted by Crippen LogP contribution is -2.43. The summed E-state index contributed by atoms with van der Waals surface area (Å²) in [4.78, 5) is 25.4. The number of primary amides is 1. The van der Waals surface area contributed by atoms with Gasteiger partial charge in [-0.25, -0.2) is 0 Å². The van der Waals surface area contributed by atoms with Gasteiger partial charge in [0.1, 0.15) is 11.5 Å². The van der Waals surface area contributed by atoms with E-state index in [1.807, 2.05) is 17.0 Å². The molecular formula is C18H26ClN3O4. The normalized spacial score (nSPS) is 22.3. The maximum Gasteiger partial charge on any atom is 0.258 e. The summed E-state index contributed by atoms with van der Waals surface area (Å²) in [7, 11) is 1.59. The Labute approximate surface area is 159 Å². The number of nitrogens with two attached hydrogens (primary N) is 1. The topological polar surface area (TPSA) is 93.9 Å². The monoisotopic (exact) mass is 383 g/mol. The number of amides is 2. The van der Waals surface area contributed by atoms with Gasteiger partial charge in [0.25, 0.3) is 5.91 Å². The molecule has 0 bridgehead atoms. The number of benzene rings is 1. The largest absolute Gasteiger partial charge is 0.497 e. The molecular weight excluding hydrogens is 358 g/mol. The van der Waals surface area contributed by atoms with Gasteiger partial charge in [0.15, 0.2) is 6.61 Å². The van der Waals surface area contributed by atoms with Gasteiger partial charge in [0.05, 0.1) is 13.7 Å². The number of methoxy groups -OCH3 is 1. The van der Waals surface area contributed by atoms with Crippen molar-refractivity contribution in [2.45, 2.75) is 18.9 Å². The van der Waals surface area contributed by atoms with Crippen LogP contribution in [0.2, 0.25) is 0 Å². The fourth-order valence-corrected chi connectivity index (χ4v) is 3.51. The number of hydrogen-bond acceptors (Lipinski definition) is 5. The van der Waals surface area contributed by atoms with Crippen molar-refractivity contribution in [1.29, 1.82) is 0 Å². The smallest absolute Gasteiger partial charge is 0.258 e. The fourth-order valence-electron chi connectivity index (χ4n) is 3.51. The van der Waals surface area contributed by atoms with E-state index in [2.05, 4.69) is 5.32 Å². The average molecular weight is 384 g/mol. The van der Waals surface area contributed by atoms with Crippen LogP contribution < -0.4 is 20.5 Å². The van der Waals surface area contributed by atoms with E-state index >= 15 is 0 Å². The maximum absolute atomic E-state index is 12.3. The zero-order valence-electron chi connectivity index (χ0n) is 14.8. The maximum atomic E-state index is 12.3. The number of nitrogens with zero attached hydrogens (tertiary/aromatic N) is 1. The van der Waals surface area contributed by atoms with Crippen LogP contribution in [0.25, 0.3) is 0 Å². The molecule has 1 aliphatic heterocycles. The van der Waals surface area contributed by atoms with Gasteiger partial charge >= 0.3 is 0 Å². The number of halogens is 1. The summed E-state index contributed by atoms with van der Waals surface area (Å²) in [6.45, 7) is 1.68. The minimum Gasteiger partial charge on any atom is -0.497 e. The van der Waals surface area contributed by atoms with Crippen LogP contribution in [0.4, 0.5) is 0 Å². The minimum absolute atomic E-state index is 0. The number of ether oxygens (including phenoxy) is 2. The van der Waals surface area contributed by atoms with Gasteiger partial charge in [0.2, 0.25) is 5.91 Å². The molecule has 3 rings (SSSR count). The Kier molecular flexibility index (Phi) is 7.11. The summed E-state index contributed by atoms with van der Waals surface area (Å²) in [6.07, 6.45) is 2.39. The number of rotatable bonds is 8. The number of hydrogen-bond donors (Lipinski definition) is 2. The van der Waals surface area contributed by atoms with E-state index in [9.17, 15) is 9.59 Å². The molecule has 1 aliphatic carbocycles. The molecule has 2 aliphatic rings. The molecule has 0 radical (unpaired) electrons. The Morgan fingerprint density at radius 2 is 2.00 bits per heavy atom. The number of carbonyl (C=O) groups is 2. The molecule has 2 amide bonds. The summed E-state index contributed by atoms with van der Waals surface area (Å²) in [6, 6.07) is 7.21. The number of likely N-dealkylation sites (tertiary alicyclic amines) is 1. The summed E-state index contributed by atoms with van der Waals surface area (Å²) in [5.41, 5.74) is 5.29. The van der Waals surface area contributed by atoms with Gasteiger partial charge < -0.3 is 20.5 Å². The predicted molar refractivity (Wildman–Crippen MR) is 99.5 cm³/mol. The molecule has 7 nitrogen and oxygen atoms in total. The Balaban J connectivity index is 0.00000243. The van der Waals surface area contributed by atoms with Gasteiger partial charge in [0, 0.05) is 25.2 Å². The summed E-state index contributed by atoms with van der Waals surface area (Å²) in [5.74, 6) is 1.82. The molecule has 144 valence electrons. The second kappa shape index (κ2) is 9.09. The first kappa shape index (κ1) is 20.3. The van der Waals surface area contributed by atoms with Crippen molar-refractivity contribution in [3.8, 4) is 11.5 Å². The van der Waals surface area contributed by atoms with Crippen LogP contribution in [0.1, 0.15) is 12.8 Å². The molecule has 26 heavy (non-hydrogen) atoms. The average Bonchev–Trinajstić information content (AvgIpc) is 3.36. The molecule has 0 aromatic heterocycles. The Morgan fingerprint density at radius 3 is 2.65 bits per heavy atom. The van der Waals surface area contributed by atoms with Gasteiger partial charge in [-0.15, -0.1) is 12.4 Å². The standard InChI is InChI=1S/C18H25N3O4.ClH/c1-24-13-3-2-4-14(7-13)25-11-18(23)20-16-9-21(10-17(19)22)8-15(16)12-5-6-12;/h2-4,7,12,15-16H,5-6,8-11H2,1H3,(H2,19,22)(H,20,23);1H/t15-,16+;/m1./s1. The van der Waals surface area contributed by atoms with Gasteiger partial charge in [-0.2, -0.15) is 0 Å². The van der Waals surface area contributed by atoms with Crippen molar-refractivity contribution in [3.05, 3.63) is 24.3 Å². The Morgan fingerprint density at radius 1 is 1.27 bits per heavy atom. The third-order valence-electron chi connectivity index (χ3n) is 4.81. The molecule has 3 N–H and O–H groups in total. The van der Waals surface area contributed by atoms with E-state index in [1.54, 1.807) is 19.2 Å². The highest BCUT2D eigenvalue weighted by Crippen LogP contribution is 2.41. The van der Waals surface area contributed by atoms with Crippen LogP contribution in [-0.2, 0) is 9.59 Å². The van der Waals surface area contributed by atoms with Crippen LogP contribution in [0.3, 0.4) is 0 Å². The van der Waals surface area contributed by atoms with Gasteiger partial charge in [-0.05, 0) is 36.8 Å². The van der Waals surface area contributed by atoms with Crippen molar-refractivity contribution >= 4 is 24.2 Å². The van der Waals surface area contributed by atoms with Crippen LogP contribution in [0.5, 0.6) is 11.5 Å². The molecule has 8 heteroatoms. The highest BCUT2D eigenvalue weighted by molar-refractivity contribution is 5.85. The van der Waals surface area contributed by atoms with Crippen LogP contribution >= 0.6 is 12.4 Å². The molecule has 1 aromatic carbocycles. The fraction of sp³-hybridized carbons (Fsp3) is 0.556. The highest BCUT2D eigenvalue weighted by atomic mass is 35.5. The van der Waals surface area contributed by atoms with Crippen molar-refractivity contribution in [2.75, 3.05) is 33.4 Å². The summed E-state index contributed by atoms with van der Waals surface area (Å²) in [5, 5.41) is 3.06. The first-order valence-corrected chi connectivity index (χ1v) is 8.62. The predicted octanol–water partition coefficient (Wildman–Crippen LogP) is 0.808. The minimum atomic E-state index is -0.331. The zero-order valence-corrected chi connectivity index (χ0v) is 15.7. The highest BCUT2D eigenvalue weighted by Gasteiger charge is 2.43. The van der Waals surface area contributed by atoms with Gasteiger partial charge in [-0.1, -0.05) is 6.07 Å². The second-order valence-electron chi connectivity index (χ2n) is 6.80. The van der Waals surface area contributed by atoms with E-state index in [-0.39, 0.29) is 43.4 Å². The third kappa shape index (κ3) is 5.51. The van der Waals surface area contributed by atoms with E-state index in [1.165, 1.54) is 12.8 Å². The van der Waals surface area contributed by atoms with Crippen molar-refractivity contribution in [2.24, 2.45) is 17.6 Å². The van der Waals surface area contributed by atoms with E-state index in [4.69, 9.17) is 15.2 Å². The summed E-state index contributed by atoms with van der Waals surface area (Å²) < 4.78 is 10.7. The molecule has 2 atom stereocenters. The van der Waals surface area contributed by atoms with E-state index < -0.39 is 0 Å². The van der Waals surface area contributed by atoms with Crippen molar-refractivity contribution in [3.63, 3.8) is 0 Å². The Bertz CT molecular complexity index is 639. The molecule has 0 unspecified atom stereocenters. The molecule has 0 spiro atoms. The molecule has 1 saturated heterocycles. The first-order valence-electron chi connectivity index (χ1n) is 8.62. The molecule has 1 heterocycles. The lowest BCUT2D eigenvalue weighted by atomic mass is 9.98. The van der Waals surface area contributed by atoms with Crippen molar-refractivity contribution in [1.82, 2.24) is 10.2 Å². The molecule has 2 fully saturated rings. The first-order chi connectivity index (χ1) is 12.0. The Hall–Kier alpha value is -1.99. The number of nitrogens with one attached hydrogen (secondary N) is 1. The lowest BCUT2D eigenvalue weighted by molar-refractivity contribution is -0.124. The summed E-state index contributed by atoms with van der Waals surface area (Å²) >= 11 is 0. The van der Waals surface area contributed by atoms with Crippen molar-refractivity contribution < 1.29 is 19.1 Å². The van der Waals surface area contributed by atoms with Crippen LogP contribution in [0, 0.1) is 11.8 Å². The molecule has 1 saturated carbocycles.